The number of rotatable bonds is 1. The zero-order valence-corrected chi connectivity index (χ0v) is 8.27. The van der Waals surface area contributed by atoms with E-state index in [9.17, 15) is 4.79 Å². The highest BCUT2D eigenvalue weighted by molar-refractivity contribution is 5.87. The first kappa shape index (κ1) is 8.84. The minimum Gasteiger partial charge on any atom is -0.340 e. The molecule has 3 rings (SSSR count). The summed E-state index contributed by atoms with van der Waals surface area (Å²) in [5.41, 5.74) is 2.39. The lowest BCUT2D eigenvalue weighted by Gasteiger charge is -1.99. The van der Waals surface area contributed by atoms with Gasteiger partial charge < -0.3 is 4.98 Å². The van der Waals surface area contributed by atoms with Crippen molar-refractivity contribution in [3.63, 3.8) is 0 Å². The highest BCUT2D eigenvalue weighted by Gasteiger charge is 2.09. The molecule has 0 aliphatic carbocycles. The van der Waals surface area contributed by atoms with Crippen LogP contribution in [-0.2, 0) is 0 Å². The third-order valence-corrected chi connectivity index (χ3v) is 2.41. The van der Waals surface area contributed by atoms with Crippen LogP contribution in [0.4, 0.5) is 0 Å². The van der Waals surface area contributed by atoms with Gasteiger partial charge in [0, 0.05) is 5.56 Å². The first-order chi connectivity index (χ1) is 7.86. The normalized spacial score (nSPS) is 10.8. The number of nitrogens with one attached hydrogen (secondary N) is 2. The Hall–Kier alpha value is -2.43. The Bertz CT molecular complexity index is 684. The lowest BCUT2D eigenvalue weighted by molar-refractivity contribution is 1.01. The summed E-state index contributed by atoms with van der Waals surface area (Å²) in [6.07, 6.45) is 1.49. The summed E-state index contributed by atoms with van der Waals surface area (Å²) < 4.78 is 0. The summed E-state index contributed by atoms with van der Waals surface area (Å²) in [7, 11) is 0. The second kappa shape index (κ2) is 3.30. The smallest absolute Gasteiger partial charge is 0.290 e. The van der Waals surface area contributed by atoms with Crippen molar-refractivity contribution in [1.82, 2.24) is 20.2 Å². The molecule has 0 saturated heterocycles. The molecule has 5 heteroatoms. The quantitative estimate of drug-likeness (QED) is 0.638. The summed E-state index contributed by atoms with van der Waals surface area (Å²) in [4.78, 5) is 18.4. The highest BCUT2D eigenvalue weighted by Crippen LogP contribution is 2.20. The molecule has 0 aliphatic heterocycles. The summed E-state index contributed by atoms with van der Waals surface area (Å²) in [6.45, 7) is 0. The lowest BCUT2D eigenvalue weighted by Crippen LogP contribution is -2.09. The molecule has 0 atom stereocenters. The number of fused-ring (bicyclic) bond motifs is 1. The molecule has 0 spiro atoms. The van der Waals surface area contributed by atoms with Gasteiger partial charge >= 0.3 is 0 Å². The van der Waals surface area contributed by atoms with Gasteiger partial charge in [-0.15, -0.1) is 0 Å². The number of aromatic amines is 2. The molecule has 0 unspecified atom stereocenters. The molecule has 2 N–H and O–H groups in total. The second-order valence-electron chi connectivity index (χ2n) is 3.39. The Morgan fingerprint density at radius 2 is 1.94 bits per heavy atom. The van der Waals surface area contributed by atoms with Crippen molar-refractivity contribution in [3.05, 3.63) is 47.0 Å². The van der Waals surface area contributed by atoms with Crippen LogP contribution in [-0.4, -0.2) is 20.2 Å². The summed E-state index contributed by atoms with van der Waals surface area (Å²) >= 11 is 0. The van der Waals surface area contributed by atoms with Crippen LogP contribution >= 0.6 is 0 Å². The number of H-pyrrole nitrogens is 2. The number of nitrogens with zero attached hydrogens (tertiary/aromatic N) is 2. The van der Waals surface area contributed by atoms with E-state index < -0.39 is 0 Å². The van der Waals surface area contributed by atoms with Gasteiger partial charge in [0.1, 0.15) is 16.7 Å². The van der Waals surface area contributed by atoms with E-state index in [1.165, 1.54) is 6.33 Å². The van der Waals surface area contributed by atoms with Crippen molar-refractivity contribution < 1.29 is 0 Å². The Balaban J connectivity index is 2.37. The number of hydrogen-bond acceptors (Lipinski definition) is 3. The minimum atomic E-state index is -0.257. The van der Waals surface area contributed by atoms with E-state index >= 15 is 0 Å². The average Bonchev–Trinajstić information content (AvgIpc) is 2.81. The topological polar surface area (TPSA) is 74.4 Å². The fourth-order valence-corrected chi connectivity index (χ4v) is 1.66. The standard InChI is InChI=1S/C11H8N4O/c16-11-10-9(12-6-13-10)8(14-15-11)7-4-2-1-3-5-7/h1-6H,(H,12,13)(H,15,16). The van der Waals surface area contributed by atoms with Crippen LogP contribution in [0.25, 0.3) is 22.3 Å². The highest BCUT2D eigenvalue weighted by atomic mass is 16.1. The number of benzene rings is 1. The lowest BCUT2D eigenvalue weighted by atomic mass is 10.1. The van der Waals surface area contributed by atoms with Gasteiger partial charge in [-0.3, -0.25) is 4.79 Å². The van der Waals surface area contributed by atoms with Gasteiger partial charge in [-0.1, -0.05) is 30.3 Å². The molecule has 0 radical (unpaired) electrons. The number of hydrogen-bond donors (Lipinski definition) is 2. The molecule has 5 nitrogen and oxygen atoms in total. The predicted octanol–water partition coefficient (Wildman–Crippen LogP) is 1.31. The molecule has 16 heavy (non-hydrogen) atoms. The minimum absolute atomic E-state index is 0.257. The van der Waals surface area contributed by atoms with E-state index in [1.807, 2.05) is 30.3 Å². The SMILES string of the molecule is O=c1[nH]nc(-c2ccccc2)c2nc[nH]c12. The van der Waals surface area contributed by atoms with E-state index in [0.717, 1.165) is 5.56 Å². The molecule has 0 saturated carbocycles. The van der Waals surface area contributed by atoms with Gasteiger partial charge in [0.2, 0.25) is 0 Å². The molecular formula is C11H8N4O. The predicted molar refractivity (Wildman–Crippen MR) is 59.9 cm³/mol. The Morgan fingerprint density at radius 1 is 1.12 bits per heavy atom. The number of aromatic nitrogens is 4. The molecule has 0 fully saturated rings. The van der Waals surface area contributed by atoms with Gasteiger partial charge in [-0.25, -0.2) is 10.1 Å². The zero-order valence-electron chi connectivity index (χ0n) is 8.27. The molecule has 2 aromatic heterocycles. The molecule has 1 aromatic carbocycles. The molecule has 0 amide bonds. The van der Waals surface area contributed by atoms with E-state index in [0.29, 0.717) is 16.7 Å². The van der Waals surface area contributed by atoms with Crippen molar-refractivity contribution in [2.45, 2.75) is 0 Å². The monoisotopic (exact) mass is 212 g/mol. The maximum absolute atomic E-state index is 11.4. The fourth-order valence-electron chi connectivity index (χ4n) is 1.66. The fraction of sp³-hybridized carbons (Fsp3) is 0. The molecular weight excluding hydrogens is 204 g/mol. The van der Waals surface area contributed by atoms with Crippen LogP contribution in [0.2, 0.25) is 0 Å². The van der Waals surface area contributed by atoms with Crippen LogP contribution in [0.3, 0.4) is 0 Å². The van der Waals surface area contributed by atoms with Crippen molar-refractivity contribution in [2.24, 2.45) is 0 Å². The third kappa shape index (κ3) is 1.22. The van der Waals surface area contributed by atoms with E-state index in [4.69, 9.17) is 0 Å². The van der Waals surface area contributed by atoms with Crippen molar-refractivity contribution in [3.8, 4) is 11.3 Å². The van der Waals surface area contributed by atoms with Crippen molar-refractivity contribution in [2.75, 3.05) is 0 Å². The average molecular weight is 212 g/mol. The van der Waals surface area contributed by atoms with Crippen molar-refractivity contribution >= 4 is 11.0 Å². The van der Waals surface area contributed by atoms with E-state index in [1.54, 1.807) is 0 Å². The second-order valence-corrected chi connectivity index (χ2v) is 3.39. The maximum Gasteiger partial charge on any atom is 0.290 e. The summed E-state index contributed by atoms with van der Waals surface area (Å²) in [6, 6.07) is 9.61. The third-order valence-electron chi connectivity index (χ3n) is 2.41. The number of imidazole rings is 1. The van der Waals surface area contributed by atoms with Gasteiger partial charge in [-0.2, -0.15) is 5.10 Å². The summed E-state index contributed by atoms with van der Waals surface area (Å²) in [5, 5.41) is 6.48. The Kier molecular flexibility index (Phi) is 1.83. The molecule has 0 bridgehead atoms. The summed E-state index contributed by atoms with van der Waals surface area (Å²) in [5.74, 6) is 0. The maximum atomic E-state index is 11.4. The van der Waals surface area contributed by atoms with Crippen molar-refractivity contribution in [1.29, 1.82) is 0 Å². The first-order valence-electron chi connectivity index (χ1n) is 4.83. The molecule has 2 heterocycles. The molecule has 3 aromatic rings. The van der Waals surface area contributed by atoms with Gasteiger partial charge in [-0.05, 0) is 0 Å². The van der Waals surface area contributed by atoms with Crippen LogP contribution in [0.5, 0.6) is 0 Å². The molecule has 0 aliphatic rings. The van der Waals surface area contributed by atoms with Gasteiger partial charge in [0.25, 0.3) is 5.56 Å². The van der Waals surface area contributed by atoms with Gasteiger partial charge in [0.15, 0.2) is 0 Å². The van der Waals surface area contributed by atoms with Gasteiger partial charge in [0.05, 0.1) is 6.33 Å². The zero-order chi connectivity index (χ0) is 11.0. The van der Waals surface area contributed by atoms with E-state index in [2.05, 4.69) is 20.2 Å². The van der Waals surface area contributed by atoms with E-state index in [-0.39, 0.29) is 5.56 Å². The molecule has 78 valence electrons. The Morgan fingerprint density at radius 3 is 2.75 bits per heavy atom. The van der Waals surface area contributed by atoms with Crippen LogP contribution in [0.15, 0.2) is 41.5 Å². The van der Waals surface area contributed by atoms with Crippen LogP contribution < -0.4 is 5.56 Å². The largest absolute Gasteiger partial charge is 0.340 e. The Labute approximate surface area is 90.2 Å². The first-order valence-corrected chi connectivity index (χ1v) is 4.83. The van der Waals surface area contributed by atoms with Crippen LogP contribution in [0, 0.1) is 0 Å². The van der Waals surface area contributed by atoms with Crippen LogP contribution in [0.1, 0.15) is 0 Å².